The second-order valence-electron chi connectivity index (χ2n) is 6.47. The fourth-order valence-electron chi connectivity index (χ4n) is 2.95. The summed E-state index contributed by atoms with van der Waals surface area (Å²) in [5, 5.41) is 0. The van der Waals surface area contributed by atoms with Gasteiger partial charge in [-0.05, 0) is 24.6 Å². The predicted octanol–water partition coefficient (Wildman–Crippen LogP) is 3.96. The zero-order valence-electron chi connectivity index (χ0n) is 14.6. The SMILES string of the molecule is CCOC(=O)c1cn(Cc2ccc(N3CC(C)C(F)(F)C3)cc2Br)cn1. The van der Waals surface area contributed by atoms with Gasteiger partial charge >= 0.3 is 5.97 Å². The number of hydrogen-bond donors (Lipinski definition) is 0. The van der Waals surface area contributed by atoms with Crippen LogP contribution in [0.2, 0.25) is 0 Å². The fraction of sp³-hybridized carbons (Fsp3) is 0.444. The summed E-state index contributed by atoms with van der Waals surface area (Å²) >= 11 is 3.52. The molecule has 1 saturated heterocycles. The number of aromatic nitrogens is 2. The minimum absolute atomic E-state index is 0.257. The number of imidazole rings is 1. The van der Waals surface area contributed by atoms with Crippen LogP contribution in [0.25, 0.3) is 0 Å². The molecule has 140 valence electrons. The number of esters is 1. The number of halogens is 3. The smallest absolute Gasteiger partial charge is 0.358 e. The van der Waals surface area contributed by atoms with Gasteiger partial charge in [0.25, 0.3) is 5.92 Å². The van der Waals surface area contributed by atoms with Crippen molar-refractivity contribution in [1.29, 1.82) is 0 Å². The van der Waals surface area contributed by atoms with Gasteiger partial charge in [-0.2, -0.15) is 0 Å². The summed E-state index contributed by atoms with van der Waals surface area (Å²) in [4.78, 5) is 17.4. The first-order chi connectivity index (χ1) is 12.3. The highest BCUT2D eigenvalue weighted by molar-refractivity contribution is 9.10. The van der Waals surface area contributed by atoms with Crippen molar-refractivity contribution in [2.24, 2.45) is 5.92 Å². The Kier molecular flexibility index (Phi) is 5.32. The lowest BCUT2D eigenvalue weighted by atomic mass is 10.1. The zero-order chi connectivity index (χ0) is 18.9. The van der Waals surface area contributed by atoms with Crippen molar-refractivity contribution in [3.8, 4) is 0 Å². The summed E-state index contributed by atoms with van der Waals surface area (Å²) in [6, 6.07) is 5.59. The third kappa shape index (κ3) is 3.90. The second kappa shape index (κ2) is 7.34. The van der Waals surface area contributed by atoms with E-state index in [1.807, 2.05) is 18.2 Å². The van der Waals surface area contributed by atoms with Crippen LogP contribution in [0.5, 0.6) is 0 Å². The molecule has 2 heterocycles. The summed E-state index contributed by atoms with van der Waals surface area (Å²) in [6.07, 6.45) is 3.19. The molecule has 0 bridgehead atoms. The molecule has 0 radical (unpaired) electrons. The molecule has 1 unspecified atom stereocenters. The standard InChI is InChI=1S/C18H20BrF2N3O2/c1-3-26-17(25)16-9-23(11-22-16)8-13-4-5-14(6-15(13)19)24-7-12(2)18(20,21)10-24/h4-6,9,11-12H,3,7-8,10H2,1-2H3. The Hall–Kier alpha value is -1.96. The highest BCUT2D eigenvalue weighted by atomic mass is 79.9. The van der Waals surface area contributed by atoms with E-state index in [0.29, 0.717) is 19.7 Å². The number of nitrogens with zero attached hydrogens (tertiary/aromatic N) is 3. The molecular weight excluding hydrogens is 408 g/mol. The van der Waals surface area contributed by atoms with Gasteiger partial charge in [0.2, 0.25) is 0 Å². The Morgan fingerprint density at radius 1 is 1.46 bits per heavy atom. The van der Waals surface area contributed by atoms with Gasteiger partial charge in [0.05, 0.1) is 19.5 Å². The van der Waals surface area contributed by atoms with E-state index in [1.165, 1.54) is 0 Å². The van der Waals surface area contributed by atoms with Crippen LogP contribution in [0.3, 0.4) is 0 Å². The van der Waals surface area contributed by atoms with Crippen molar-refractivity contribution >= 4 is 27.6 Å². The van der Waals surface area contributed by atoms with Gasteiger partial charge in [0.1, 0.15) is 0 Å². The molecule has 0 spiro atoms. The molecule has 0 N–H and O–H groups in total. The van der Waals surface area contributed by atoms with E-state index in [-0.39, 0.29) is 12.2 Å². The Balaban J connectivity index is 1.72. The molecule has 5 nitrogen and oxygen atoms in total. The van der Waals surface area contributed by atoms with Gasteiger partial charge in [-0.15, -0.1) is 0 Å². The Morgan fingerprint density at radius 2 is 2.23 bits per heavy atom. The van der Waals surface area contributed by atoms with E-state index >= 15 is 0 Å². The summed E-state index contributed by atoms with van der Waals surface area (Å²) in [5.74, 6) is -3.77. The van der Waals surface area contributed by atoms with E-state index in [4.69, 9.17) is 4.74 Å². The minimum atomic E-state index is -2.66. The Morgan fingerprint density at radius 3 is 2.85 bits per heavy atom. The number of rotatable bonds is 5. The monoisotopic (exact) mass is 427 g/mol. The summed E-state index contributed by atoms with van der Waals surface area (Å²) in [6.45, 7) is 4.19. The highest BCUT2D eigenvalue weighted by Gasteiger charge is 2.45. The van der Waals surface area contributed by atoms with E-state index in [1.54, 1.807) is 35.8 Å². The van der Waals surface area contributed by atoms with Gasteiger partial charge in [-0.3, -0.25) is 0 Å². The van der Waals surface area contributed by atoms with Crippen molar-refractivity contribution in [1.82, 2.24) is 9.55 Å². The van der Waals surface area contributed by atoms with Crippen LogP contribution in [0.15, 0.2) is 35.2 Å². The molecule has 26 heavy (non-hydrogen) atoms. The lowest BCUT2D eigenvalue weighted by molar-refractivity contribution is -0.0137. The molecule has 0 saturated carbocycles. The summed E-state index contributed by atoms with van der Waals surface area (Å²) < 4.78 is 35.0. The topological polar surface area (TPSA) is 47.4 Å². The molecule has 0 aliphatic carbocycles. The summed E-state index contributed by atoms with van der Waals surface area (Å²) in [5.41, 5.74) is 1.98. The molecule has 0 amide bonds. The van der Waals surface area contributed by atoms with Gasteiger partial charge in [0.15, 0.2) is 5.69 Å². The average Bonchev–Trinajstić information content (AvgIpc) is 3.14. The van der Waals surface area contributed by atoms with Crippen molar-refractivity contribution in [3.63, 3.8) is 0 Å². The number of ether oxygens (including phenoxy) is 1. The molecule has 3 rings (SSSR count). The van der Waals surface area contributed by atoms with Gasteiger partial charge in [-0.25, -0.2) is 18.6 Å². The Labute approximate surface area is 159 Å². The van der Waals surface area contributed by atoms with E-state index in [0.717, 1.165) is 15.7 Å². The number of anilines is 1. The Bertz CT molecular complexity index is 809. The minimum Gasteiger partial charge on any atom is -0.461 e. The maximum absolute atomic E-state index is 13.8. The zero-order valence-corrected chi connectivity index (χ0v) is 16.2. The van der Waals surface area contributed by atoms with Crippen LogP contribution in [0, 0.1) is 5.92 Å². The largest absolute Gasteiger partial charge is 0.461 e. The van der Waals surface area contributed by atoms with Crippen molar-refractivity contribution < 1.29 is 18.3 Å². The van der Waals surface area contributed by atoms with Gasteiger partial charge in [-0.1, -0.05) is 28.9 Å². The van der Waals surface area contributed by atoms with Crippen LogP contribution in [-0.4, -0.2) is 41.1 Å². The first-order valence-corrected chi connectivity index (χ1v) is 9.19. The van der Waals surface area contributed by atoms with Gasteiger partial charge in [0, 0.05) is 35.4 Å². The summed E-state index contributed by atoms with van der Waals surface area (Å²) in [7, 11) is 0. The van der Waals surface area contributed by atoms with Gasteiger partial charge < -0.3 is 14.2 Å². The maximum atomic E-state index is 13.8. The lowest BCUT2D eigenvalue weighted by Gasteiger charge is -2.19. The normalized spacial score (nSPS) is 19.0. The molecule has 8 heteroatoms. The van der Waals surface area contributed by atoms with Crippen molar-refractivity contribution in [2.75, 3.05) is 24.6 Å². The molecule has 1 aliphatic heterocycles. The lowest BCUT2D eigenvalue weighted by Crippen LogP contribution is -2.26. The number of alkyl halides is 2. The first-order valence-electron chi connectivity index (χ1n) is 8.40. The van der Waals surface area contributed by atoms with Crippen molar-refractivity contribution in [2.45, 2.75) is 26.3 Å². The fourth-order valence-corrected chi connectivity index (χ4v) is 3.44. The van der Waals surface area contributed by atoms with E-state index < -0.39 is 17.8 Å². The molecule has 2 aromatic rings. The van der Waals surface area contributed by atoms with E-state index in [2.05, 4.69) is 20.9 Å². The predicted molar refractivity (Wildman–Crippen MR) is 97.8 cm³/mol. The van der Waals surface area contributed by atoms with E-state index in [9.17, 15) is 13.6 Å². The third-order valence-electron chi connectivity index (χ3n) is 4.49. The maximum Gasteiger partial charge on any atom is 0.358 e. The van der Waals surface area contributed by atoms with Crippen LogP contribution >= 0.6 is 15.9 Å². The molecule has 1 atom stereocenters. The van der Waals surface area contributed by atoms with Crippen LogP contribution < -0.4 is 4.90 Å². The van der Waals surface area contributed by atoms with Crippen LogP contribution in [-0.2, 0) is 11.3 Å². The average molecular weight is 428 g/mol. The second-order valence-corrected chi connectivity index (χ2v) is 7.32. The van der Waals surface area contributed by atoms with Crippen LogP contribution in [0.1, 0.15) is 29.9 Å². The molecule has 1 aliphatic rings. The quantitative estimate of drug-likeness (QED) is 0.677. The molecular formula is C18H20BrF2N3O2. The molecule has 1 aromatic heterocycles. The number of benzene rings is 1. The number of carbonyl (C=O) groups excluding carboxylic acids is 1. The first kappa shape index (κ1) is 18.8. The third-order valence-corrected chi connectivity index (χ3v) is 5.23. The number of hydrogen-bond acceptors (Lipinski definition) is 4. The number of carbonyl (C=O) groups is 1. The molecule has 1 fully saturated rings. The van der Waals surface area contributed by atoms with Crippen LogP contribution in [0.4, 0.5) is 14.5 Å². The highest BCUT2D eigenvalue weighted by Crippen LogP contribution is 2.36. The molecule has 1 aromatic carbocycles. The van der Waals surface area contributed by atoms with Crippen molar-refractivity contribution in [3.05, 3.63) is 46.5 Å².